The minimum absolute atomic E-state index is 0.130. The van der Waals surface area contributed by atoms with Gasteiger partial charge in [-0.2, -0.15) is 0 Å². The summed E-state index contributed by atoms with van der Waals surface area (Å²) in [6.45, 7) is 2.37. The van der Waals surface area contributed by atoms with Crippen molar-refractivity contribution in [3.05, 3.63) is 0 Å². The van der Waals surface area contributed by atoms with Gasteiger partial charge in [0.2, 0.25) is 0 Å². The van der Waals surface area contributed by atoms with Crippen LogP contribution in [-0.4, -0.2) is 20.6 Å². The van der Waals surface area contributed by atoms with Gasteiger partial charge in [-0.25, -0.2) is 4.21 Å². The molecule has 3 N–H and O–H groups in total. The Balaban J connectivity index is 3.54. The Labute approximate surface area is 57.9 Å². The molecule has 0 aromatic rings. The van der Waals surface area contributed by atoms with Gasteiger partial charge in [0.15, 0.2) is 11.1 Å². The van der Waals surface area contributed by atoms with Gasteiger partial charge in [-0.3, -0.25) is 0 Å². The predicted octanol–water partition coefficient (Wildman–Crippen LogP) is 0.336. The van der Waals surface area contributed by atoms with Crippen LogP contribution in [0.5, 0.6) is 0 Å². The zero-order chi connectivity index (χ0) is 7.28. The molecule has 56 valence electrons. The highest BCUT2D eigenvalue weighted by atomic mass is 32.2. The van der Waals surface area contributed by atoms with Crippen molar-refractivity contribution in [1.82, 2.24) is 0 Å². The lowest BCUT2D eigenvalue weighted by atomic mass is 10.2. The van der Waals surface area contributed by atoms with E-state index in [9.17, 15) is 4.21 Å². The molecule has 3 nitrogen and oxygen atoms in total. The molecule has 0 bridgehead atoms. The molecule has 0 radical (unpaired) electrons. The molecule has 4 heteroatoms. The van der Waals surface area contributed by atoms with Gasteiger partial charge in [-0.1, -0.05) is 6.92 Å². The number of nitrogens with two attached hydrogens (primary N) is 1. The summed E-state index contributed by atoms with van der Waals surface area (Å²) in [4.78, 5) is 0. The summed E-state index contributed by atoms with van der Waals surface area (Å²) < 4.78 is 18.9. The molecule has 0 amide bonds. The van der Waals surface area contributed by atoms with Crippen LogP contribution in [0.3, 0.4) is 0 Å². The van der Waals surface area contributed by atoms with Crippen LogP contribution in [0.4, 0.5) is 0 Å². The van der Waals surface area contributed by atoms with Gasteiger partial charge in [0.25, 0.3) is 0 Å². The minimum Gasteiger partial charge on any atom is -0.330 e. The summed E-state index contributed by atoms with van der Waals surface area (Å²) in [6, 6.07) is 0. The van der Waals surface area contributed by atoms with Gasteiger partial charge in [0.05, 0.1) is 5.25 Å². The van der Waals surface area contributed by atoms with E-state index in [1.807, 2.05) is 6.92 Å². The minimum atomic E-state index is -1.68. The normalized spacial score (nSPS) is 17.2. The molecule has 0 aliphatic carbocycles. The van der Waals surface area contributed by atoms with Gasteiger partial charge in [-0.15, -0.1) is 0 Å². The van der Waals surface area contributed by atoms with E-state index in [1.54, 1.807) is 0 Å². The van der Waals surface area contributed by atoms with Crippen molar-refractivity contribution in [3.63, 3.8) is 0 Å². The molecule has 0 aromatic heterocycles. The van der Waals surface area contributed by atoms with Crippen molar-refractivity contribution in [2.24, 2.45) is 5.73 Å². The van der Waals surface area contributed by atoms with E-state index >= 15 is 0 Å². The van der Waals surface area contributed by atoms with Crippen LogP contribution >= 0.6 is 0 Å². The molecule has 2 unspecified atom stereocenters. The Morgan fingerprint density at radius 1 is 1.78 bits per heavy atom. The third kappa shape index (κ3) is 3.61. The Bertz CT molecular complexity index is 97.0. The average molecular weight is 151 g/mol. The van der Waals surface area contributed by atoms with Crippen LogP contribution in [0.25, 0.3) is 0 Å². The van der Waals surface area contributed by atoms with Crippen molar-refractivity contribution < 1.29 is 8.76 Å². The van der Waals surface area contributed by atoms with Crippen LogP contribution in [0, 0.1) is 0 Å². The maximum Gasteiger partial charge on any atom is 0.156 e. The predicted molar refractivity (Wildman–Crippen MR) is 38.5 cm³/mol. The molecule has 0 saturated carbocycles. The summed E-state index contributed by atoms with van der Waals surface area (Å²) in [5.74, 6) is 0. The van der Waals surface area contributed by atoms with Crippen molar-refractivity contribution in [1.29, 1.82) is 0 Å². The molecular formula is C5H13NO2S. The van der Waals surface area contributed by atoms with Crippen LogP contribution in [-0.2, 0) is 11.1 Å². The molecule has 0 aliphatic heterocycles. The highest BCUT2D eigenvalue weighted by Crippen LogP contribution is 2.02. The first-order chi connectivity index (χ1) is 4.22. The van der Waals surface area contributed by atoms with E-state index in [0.29, 0.717) is 13.0 Å². The Morgan fingerprint density at radius 2 is 2.33 bits per heavy atom. The molecule has 9 heavy (non-hydrogen) atoms. The Hall–Kier alpha value is 0.0700. The smallest absolute Gasteiger partial charge is 0.156 e. The molecule has 0 aliphatic rings. The third-order valence-corrected chi connectivity index (χ3v) is 2.37. The summed E-state index contributed by atoms with van der Waals surface area (Å²) in [6.07, 6.45) is 1.36. The first-order valence-corrected chi connectivity index (χ1v) is 4.19. The van der Waals surface area contributed by atoms with Crippen LogP contribution in [0.15, 0.2) is 0 Å². The van der Waals surface area contributed by atoms with Crippen LogP contribution in [0.2, 0.25) is 0 Å². The van der Waals surface area contributed by atoms with Crippen molar-refractivity contribution in [2.75, 3.05) is 6.54 Å². The van der Waals surface area contributed by atoms with Gasteiger partial charge in [-0.05, 0) is 19.4 Å². The van der Waals surface area contributed by atoms with E-state index in [2.05, 4.69) is 0 Å². The summed E-state index contributed by atoms with van der Waals surface area (Å²) in [5.41, 5.74) is 5.20. The van der Waals surface area contributed by atoms with Crippen LogP contribution < -0.4 is 5.73 Å². The topological polar surface area (TPSA) is 63.3 Å². The third-order valence-electron chi connectivity index (χ3n) is 1.23. The maximum absolute atomic E-state index is 10.4. The Morgan fingerprint density at radius 3 is 2.44 bits per heavy atom. The van der Waals surface area contributed by atoms with Crippen molar-refractivity contribution >= 4 is 11.1 Å². The fourth-order valence-electron chi connectivity index (χ4n) is 0.633. The maximum atomic E-state index is 10.4. The average Bonchev–Trinajstić information content (AvgIpc) is 1.82. The number of hydrogen-bond acceptors (Lipinski definition) is 2. The second-order valence-electron chi connectivity index (χ2n) is 1.88. The second-order valence-corrected chi connectivity index (χ2v) is 3.10. The van der Waals surface area contributed by atoms with E-state index < -0.39 is 11.1 Å². The summed E-state index contributed by atoms with van der Waals surface area (Å²) >= 11 is -1.68. The lowest BCUT2D eigenvalue weighted by Gasteiger charge is -2.06. The first kappa shape index (κ1) is 9.07. The molecule has 2 atom stereocenters. The summed E-state index contributed by atoms with van der Waals surface area (Å²) in [7, 11) is 0. The molecule has 0 heterocycles. The SMILES string of the molecule is CCC(CCN)S(=O)O. The van der Waals surface area contributed by atoms with Crippen molar-refractivity contribution in [2.45, 2.75) is 25.0 Å². The zero-order valence-electron chi connectivity index (χ0n) is 5.54. The van der Waals surface area contributed by atoms with Crippen LogP contribution in [0.1, 0.15) is 19.8 Å². The molecule has 0 fully saturated rings. The molecule has 0 aromatic carbocycles. The molecule has 0 rings (SSSR count). The van der Waals surface area contributed by atoms with Gasteiger partial charge in [0.1, 0.15) is 0 Å². The summed E-state index contributed by atoms with van der Waals surface area (Å²) in [5, 5.41) is -0.130. The molecule has 0 spiro atoms. The zero-order valence-corrected chi connectivity index (χ0v) is 6.36. The van der Waals surface area contributed by atoms with E-state index in [4.69, 9.17) is 10.3 Å². The second kappa shape index (κ2) is 4.90. The largest absolute Gasteiger partial charge is 0.330 e. The lowest BCUT2D eigenvalue weighted by molar-refractivity contribution is 0.537. The fourth-order valence-corrected chi connectivity index (χ4v) is 1.26. The molecule has 0 saturated heterocycles. The fraction of sp³-hybridized carbons (Fsp3) is 1.00. The van der Waals surface area contributed by atoms with Gasteiger partial charge >= 0.3 is 0 Å². The van der Waals surface area contributed by atoms with E-state index in [0.717, 1.165) is 6.42 Å². The number of hydrogen-bond donors (Lipinski definition) is 2. The molecular weight excluding hydrogens is 138 g/mol. The van der Waals surface area contributed by atoms with Gasteiger partial charge in [0, 0.05) is 0 Å². The van der Waals surface area contributed by atoms with E-state index in [-0.39, 0.29) is 5.25 Å². The van der Waals surface area contributed by atoms with E-state index in [1.165, 1.54) is 0 Å². The standard InChI is InChI=1S/C5H13NO2S/c1-2-5(3-4-6)9(7)8/h5H,2-4,6H2,1H3,(H,7,8). The lowest BCUT2D eigenvalue weighted by Crippen LogP contribution is -2.17. The number of rotatable bonds is 4. The first-order valence-electron chi connectivity index (χ1n) is 3.02. The van der Waals surface area contributed by atoms with Crippen molar-refractivity contribution in [3.8, 4) is 0 Å². The quantitative estimate of drug-likeness (QED) is 0.569. The Kier molecular flexibility index (Phi) is 4.94. The van der Waals surface area contributed by atoms with Gasteiger partial charge < -0.3 is 10.3 Å². The highest BCUT2D eigenvalue weighted by molar-refractivity contribution is 7.79. The highest BCUT2D eigenvalue weighted by Gasteiger charge is 2.09. The monoisotopic (exact) mass is 151 g/mol.